The van der Waals surface area contributed by atoms with Gasteiger partial charge in [0.2, 0.25) is 5.76 Å². The van der Waals surface area contributed by atoms with Crippen LogP contribution in [0.15, 0.2) is 66.2 Å². The maximum absolute atomic E-state index is 10.6. The Morgan fingerprint density at radius 2 is 1.22 bits per heavy atom. The van der Waals surface area contributed by atoms with Crippen LogP contribution in [0.4, 0.5) is 0 Å². The summed E-state index contributed by atoms with van der Waals surface area (Å²) in [7, 11) is 1.84. The number of aryl methyl sites for hydroxylation is 4. The van der Waals surface area contributed by atoms with Crippen molar-refractivity contribution >= 4 is 18.1 Å². The number of carboxylic acids is 1. The van der Waals surface area contributed by atoms with Gasteiger partial charge >= 0.3 is 5.97 Å². The van der Waals surface area contributed by atoms with E-state index >= 15 is 0 Å². The van der Waals surface area contributed by atoms with Crippen LogP contribution in [0.3, 0.4) is 0 Å². The molecule has 4 rings (SSSR count). The van der Waals surface area contributed by atoms with Crippen molar-refractivity contribution in [3.05, 3.63) is 94.6 Å². The molecule has 0 aliphatic rings. The summed E-state index contributed by atoms with van der Waals surface area (Å²) in [5, 5.41) is 11.7. The van der Waals surface area contributed by atoms with Crippen molar-refractivity contribution in [2.75, 3.05) is 7.05 Å². The zero-order valence-corrected chi connectivity index (χ0v) is 19.0. The summed E-state index contributed by atoms with van der Waals surface area (Å²) in [5.74, 6) is 4.77. The number of aromatic carboxylic acids is 1. The number of hydrogen-bond acceptors (Lipinski definition) is 6. The van der Waals surface area contributed by atoms with Crippen molar-refractivity contribution in [3.63, 3.8) is 0 Å². The molecule has 32 heavy (non-hydrogen) atoms. The molecule has 4 aromatic heterocycles. The van der Waals surface area contributed by atoms with Gasteiger partial charge in [0.15, 0.2) is 0 Å². The average Bonchev–Trinajstić information content (AvgIpc) is 3.52. The number of carbonyl (C=O) groups is 1. The van der Waals surface area contributed by atoms with Gasteiger partial charge in [-0.3, -0.25) is 0 Å². The van der Waals surface area contributed by atoms with Gasteiger partial charge in [0.1, 0.15) is 40.3 Å². The lowest BCUT2D eigenvalue weighted by atomic mass is 10.3. The molecule has 0 saturated carbocycles. The number of carboxylic acid groups (broad SMARTS) is 1. The van der Waals surface area contributed by atoms with E-state index in [1.807, 2.05) is 71.1 Å². The normalized spacial score (nSPS) is 10.4. The second-order valence-electron chi connectivity index (χ2n) is 6.99. The van der Waals surface area contributed by atoms with Crippen molar-refractivity contribution in [2.45, 2.75) is 34.2 Å². The first-order chi connectivity index (χ1) is 15.3. The number of hydrogen-bond donors (Lipinski definition) is 2. The number of nitrogens with one attached hydrogen (secondary N) is 1. The van der Waals surface area contributed by atoms with Crippen LogP contribution < -0.4 is 5.32 Å². The largest absolute Gasteiger partial charge is 0.475 e. The van der Waals surface area contributed by atoms with E-state index in [-0.39, 0.29) is 5.76 Å². The van der Waals surface area contributed by atoms with E-state index in [2.05, 4.69) is 5.32 Å². The molecule has 0 radical (unpaired) electrons. The Hall–Kier alpha value is -3.71. The average molecular weight is 440 g/mol. The molecule has 0 aliphatic heterocycles. The Labute approximate surface area is 187 Å². The smallest absolute Gasteiger partial charge is 0.371 e. The van der Waals surface area contributed by atoms with Crippen molar-refractivity contribution < 1.29 is 27.6 Å². The fraction of sp³-hybridized carbons (Fsp3) is 0.240. The summed E-state index contributed by atoms with van der Waals surface area (Å²) < 4.78 is 20.7. The first kappa shape index (κ1) is 24.6. The Morgan fingerprint density at radius 1 is 0.750 bits per heavy atom. The number of furan rings is 4. The van der Waals surface area contributed by atoms with Crippen LogP contribution in [0.25, 0.3) is 12.2 Å². The molecular weight excluding hydrogens is 410 g/mol. The molecule has 0 aliphatic carbocycles. The third-order valence-corrected chi connectivity index (χ3v) is 4.03. The topological polar surface area (TPSA) is 102 Å². The van der Waals surface area contributed by atoms with Crippen LogP contribution >= 0.6 is 0 Å². The minimum Gasteiger partial charge on any atom is -0.475 e. The third kappa shape index (κ3) is 8.57. The third-order valence-electron chi connectivity index (χ3n) is 4.03. The molecule has 0 unspecified atom stereocenters. The van der Waals surface area contributed by atoms with Gasteiger partial charge in [-0.1, -0.05) is 0 Å². The highest BCUT2D eigenvalue weighted by molar-refractivity contribution is 5.84. The summed E-state index contributed by atoms with van der Waals surface area (Å²) in [6.07, 6.45) is 3.39. The molecule has 0 fully saturated rings. The van der Waals surface area contributed by atoms with Gasteiger partial charge in [-0.2, -0.15) is 0 Å². The SMILES string of the molecule is CNCc1ccc(/C=C\c2ccc(C(=O)O)o2)o1.Cc1ccc(C)o1.Cc1ccc(C)o1. The van der Waals surface area contributed by atoms with Crippen LogP contribution in [-0.4, -0.2) is 18.1 Å². The molecule has 170 valence electrons. The van der Waals surface area contributed by atoms with Crippen LogP contribution in [0.5, 0.6) is 0 Å². The van der Waals surface area contributed by atoms with Crippen LogP contribution in [0, 0.1) is 27.7 Å². The monoisotopic (exact) mass is 439 g/mol. The Kier molecular flexibility index (Phi) is 9.38. The standard InChI is InChI=1S/C13H13NO4.2C6H8O/c1-14-8-11-5-4-9(17-11)2-3-10-6-7-12(18-10)13(15)16;2*1-5-3-4-6(2)7-5/h2-7,14H,8H2,1H3,(H,15,16);2*3-4H,1-2H3/b3-2-;;. The molecule has 0 amide bonds. The molecule has 0 atom stereocenters. The molecule has 7 heteroatoms. The zero-order chi connectivity index (χ0) is 23.5. The van der Waals surface area contributed by atoms with E-state index in [0.717, 1.165) is 28.8 Å². The van der Waals surface area contributed by atoms with Crippen molar-refractivity contribution in [2.24, 2.45) is 0 Å². The predicted octanol–water partition coefficient (Wildman–Crippen LogP) is 6.25. The molecule has 4 aromatic rings. The van der Waals surface area contributed by atoms with Gasteiger partial charge in [0.25, 0.3) is 0 Å². The molecule has 0 saturated heterocycles. The van der Waals surface area contributed by atoms with E-state index in [9.17, 15) is 4.79 Å². The highest BCUT2D eigenvalue weighted by atomic mass is 16.4. The second kappa shape index (κ2) is 12.2. The Bertz CT molecular complexity index is 1050. The maximum atomic E-state index is 10.6. The van der Waals surface area contributed by atoms with E-state index < -0.39 is 5.97 Å². The van der Waals surface area contributed by atoms with Crippen LogP contribution in [-0.2, 0) is 6.54 Å². The molecule has 4 heterocycles. The Morgan fingerprint density at radius 3 is 1.59 bits per heavy atom. The minimum absolute atomic E-state index is 0.0787. The fourth-order valence-electron chi connectivity index (χ4n) is 2.59. The van der Waals surface area contributed by atoms with Crippen LogP contribution in [0.2, 0.25) is 0 Å². The molecule has 2 N–H and O–H groups in total. The maximum Gasteiger partial charge on any atom is 0.371 e. The molecule has 0 aromatic carbocycles. The minimum atomic E-state index is -1.08. The lowest BCUT2D eigenvalue weighted by Crippen LogP contribution is -2.03. The van der Waals surface area contributed by atoms with Crippen molar-refractivity contribution in [1.29, 1.82) is 0 Å². The quantitative estimate of drug-likeness (QED) is 0.379. The fourth-order valence-corrected chi connectivity index (χ4v) is 2.59. The van der Waals surface area contributed by atoms with Gasteiger partial charge in [0, 0.05) is 0 Å². The second-order valence-corrected chi connectivity index (χ2v) is 6.99. The lowest BCUT2D eigenvalue weighted by molar-refractivity contribution is 0.0662. The van der Waals surface area contributed by atoms with E-state index in [0.29, 0.717) is 18.1 Å². The van der Waals surface area contributed by atoms with Gasteiger partial charge in [-0.15, -0.1) is 0 Å². The summed E-state index contributed by atoms with van der Waals surface area (Å²) in [4.78, 5) is 10.6. The zero-order valence-electron chi connectivity index (χ0n) is 19.0. The Balaban J connectivity index is 0.000000211. The molecule has 0 spiro atoms. The molecule has 0 bridgehead atoms. The predicted molar refractivity (Wildman–Crippen MR) is 122 cm³/mol. The van der Waals surface area contributed by atoms with E-state index in [1.54, 1.807) is 18.2 Å². The van der Waals surface area contributed by atoms with Gasteiger partial charge in [0.05, 0.1) is 6.54 Å². The summed E-state index contributed by atoms with van der Waals surface area (Å²) >= 11 is 0. The van der Waals surface area contributed by atoms with Crippen LogP contribution in [0.1, 0.15) is 50.9 Å². The van der Waals surface area contributed by atoms with Crippen molar-refractivity contribution in [1.82, 2.24) is 5.32 Å². The van der Waals surface area contributed by atoms with Gasteiger partial charge in [-0.25, -0.2) is 4.79 Å². The van der Waals surface area contributed by atoms with E-state index in [1.165, 1.54) is 6.07 Å². The summed E-state index contributed by atoms with van der Waals surface area (Å²) in [6.45, 7) is 8.41. The van der Waals surface area contributed by atoms with E-state index in [4.69, 9.17) is 22.8 Å². The lowest BCUT2D eigenvalue weighted by Gasteiger charge is -1.91. The highest BCUT2D eigenvalue weighted by Gasteiger charge is 2.07. The van der Waals surface area contributed by atoms with Crippen molar-refractivity contribution in [3.8, 4) is 0 Å². The van der Waals surface area contributed by atoms with Gasteiger partial charge < -0.3 is 28.1 Å². The summed E-state index contributed by atoms with van der Waals surface area (Å²) in [5.41, 5.74) is 0. The first-order valence-corrected chi connectivity index (χ1v) is 10.1. The highest BCUT2D eigenvalue weighted by Crippen LogP contribution is 2.14. The van der Waals surface area contributed by atoms with Gasteiger partial charge in [-0.05, 0) is 95.4 Å². The molecular formula is C25H29NO6. The summed E-state index contributed by atoms with van der Waals surface area (Å²) in [6, 6.07) is 14.5. The number of rotatable bonds is 5. The molecule has 7 nitrogen and oxygen atoms in total. The first-order valence-electron chi connectivity index (χ1n) is 10.1.